The molecule has 0 saturated carbocycles. The van der Waals surface area contributed by atoms with Gasteiger partial charge in [0.25, 0.3) is 0 Å². The molecular weight excluding hydrogens is 188 g/mol. The molecule has 1 N–H and O–H groups in total. The van der Waals surface area contributed by atoms with E-state index in [2.05, 4.69) is 19.2 Å². The molecule has 0 radical (unpaired) electrons. The molecule has 1 aliphatic heterocycles. The second-order valence-electron chi connectivity index (χ2n) is 4.01. The standard InChI is InChI=1S/C8H18N2O2S/c1-7(2)9-4-8-5-10(6-8)13(3,11)12/h7-9H,4-6H2,1-3H3. The number of hydrogen-bond donors (Lipinski definition) is 1. The van der Waals surface area contributed by atoms with Crippen molar-refractivity contribution in [2.24, 2.45) is 5.92 Å². The molecule has 4 nitrogen and oxygen atoms in total. The minimum absolute atomic E-state index is 0.479. The van der Waals surface area contributed by atoms with E-state index in [0.29, 0.717) is 25.0 Å². The zero-order valence-electron chi connectivity index (χ0n) is 8.45. The van der Waals surface area contributed by atoms with Crippen LogP contribution in [0.4, 0.5) is 0 Å². The molecule has 13 heavy (non-hydrogen) atoms. The topological polar surface area (TPSA) is 49.4 Å². The predicted octanol–water partition coefficient (Wildman–Crippen LogP) is -0.124. The number of nitrogens with one attached hydrogen (secondary N) is 1. The van der Waals surface area contributed by atoms with Crippen LogP contribution in [0.3, 0.4) is 0 Å². The van der Waals surface area contributed by atoms with Gasteiger partial charge in [0.1, 0.15) is 0 Å². The maximum absolute atomic E-state index is 11.0. The predicted molar refractivity (Wildman–Crippen MR) is 53.0 cm³/mol. The van der Waals surface area contributed by atoms with Crippen molar-refractivity contribution in [3.63, 3.8) is 0 Å². The Morgan fingerprint density at radius 1 is 1.46 bits per heavy atom. The average Bonchev–Trinajstić information content (AvgIpc) is 1.79. The molecule has 0 unspecified atom stereocenters. The molecule has 0 aromatic heterocycles. The molecule has 0 aliphatic carbocycles. The molecule has 1 aliphatic rings. The van der Waals surface area contributed by atoms with Gasteiger partial charge in [0.05, 0.1) is 6.26 Å². The molecule has 0 spiro atoms. The van der Waals surface area contributed by atoms with Crippen LogP contribution in [0.5, 0.6) is 0 Å². The zero-order valence-corrected chi connectivity index (χ0v) is 9.26. The molecule has 1 rings (SSSR count). The molecule has 0 amide bonds. The largest absolute Gasteiger partial charge is 0.314 e. The molecule has 1 saturated heterocycles. The fourth-order valence-corrected chi connectivity index (χ4v) is 2.29. The maximum Gasteiger partial charge on any atom is 0.211 e. The van der Waals surface area contributed by atoms with E-state index in [1.54, 1.807) is 0 Å². The van der Waals surface area contributed by atoms with Crippen LogP contribution in [0, 0.1) is 5.92 Å². The molecule has 1 fully saturated rings. The van der Waals surface area contributed by atoms with E-state index in [1.807, 2.05) is 0 Å². The van der Waals surface area contributed by atoms with Crippen LogP contribution >= 0.6 is 0 Å². The van der Waals surface area contributed by atoms with E-state index in [1.165, 1.54) is 10.6 Å². The van der Waals surface area contributed by atoms with E-state index in [9.17, 15) is 8.42 Å². The van der Waals surface area contributed by atoms with Gasteiger partial charge in [-0.05, 0) is 5.92 Å². The quantitative estimate of drug-likeness (QED) is 0.697. The Morgan fingerprint density at radius 3 is 2.38 bits per heavy atom. The highest BCUT2D eigenvalue weighted by Gasteiger charge is 2.32. The second kappa shape index (κ2) is 3.94. The van der Waals surface area contributed by atoms with Crippen LogP contribution in [0.2, 0.25) is 0 Å². The van der Waals surface area contributed by atoms with Crippen molar-refractivity contribution in [2.75, 3.05) is 25.9 Å². The van der Waals surface area contributed by atoms with Crippen molar-refractivity contribution in [2.45, 2.75) is 19.9 Å². The highest BCUT2D eigenvalue weighted by molar-refractivity contribution is 7.88. The normalized spacial score (nSPS) is 20.6. The Morgan fingerprint density at radius 2 is 2.00 bits per heavy atom. The summed E-state index contributed by atoms with van der Waals surface area (Å²) < 4.78 is 23.5. The molecular formula is C8H18N2O2S. The van der Waals surface area contributed by atoms with Gasteiger partial charge in [0.2, 0.25) is 10.0 Å². The lowest BCUT2D eigenvalue weighted by atomic mass is 10.0. The van der Waals surface area contributed by atoms with Crippen molar-refractivity contribution < 1.29 is 8.42 Å². The molecule has 0 aromatic carbocycles. The average molecular weight is 206 g/mol. The minimum Gasteiger partial charge on any atom is -0.314 e. The summed E-state index contributed by atoms with van der Waals surface area (Å²) in [6.45, 7) is 6.46. The van der Waals surface area contributed by atoms with Crippen LogP contribution in [-0.2, 0) is 10.0 Å². The first kappa shape index (κ1) is 10.9. The van der Waals surface area contributed by atoms with Gasteiger partial charge in [0.15, 0.2) is 0 Å². The number of nitrogens with zero attached hydrogens (tertiary/aromatic N) is 1. The molecule has 0 atom stereocenters. The molecule has 78 valence electrons. The van der Waals surface area contributed by atoms with Gasteiger partial charge < -0.3 is 5.32 Å². The van der Waals surface area contributed by atoms with Crippen molar-refractivity contribution in [1.82, 2.24) is 9.62 Å². The lowest BCUT2D eigenvalue weighted by Gasteiger charge is -2.37. The summed E-state index contributed by atoms with van der Waals surface area (Å²) in [5, 5.41) is 3.30. The molecule has 0 aromatic rings. The van der Waals surface area contributed by atoms with Crippen molar-refractivity contribution in [1.29, 1.82) is 0 Å². The first-order valence-electron chi connectivity index (χ1n) is 4.58. The Hall–Kier alpha value is -0.130. The fourth-order valence-electron chi connectivity index (χ4n) is 1.32. The number of hydrogen-bond acceptors (Lipinski definition) is 3. The highest BCUT2D eigenvalue weighted by atomic mass is 32.2. The van der Waals surface area contributed by atoms with E-state index >= 15 is 0 Å². The van der Waals surface area contributed by atoms with Crippen LogP contribution < -0.4 is 5.32 Å². The summed E-state index contributed by atoms with van der Waals surface area (Å²) in [7, 11) is -2.93. The SMILES string of the molecule is CC(C)NCC1CN(S(C)(=O)=O)C1. The molecule has 5 heteroatoms. The summed E-state index contributed by atoms with van der Waals surface area (Å²) in [6.07, 6.45) is 1.26. The third-order valence-electron chi connectivity index (χ3n) is 2.21. The van der Waals surface area contributed by atoms with Gasteiger partial charge in [-0.15, -0.1) is 0 Å². The van der Waals surface area contributed by atoms with E-state index in [4.69, 9.17) is 0 Å². The van der Waals surface area contributed by atoms with Gasteiger partial charge in [0, 0.05) is 25.7 Å². The minimum atomic E-state index is -2.93. The Kier molecular flexibility index (Phi) is 3.32. The van der Waals surface area contributed by atoms with Gasteiger partial charge in [-0.2, -0.15) is 0 Å². The Balaban J connectivity index is 2.19. The lowest BCUT2D eigenvalue weighted by Crippen LogP contribution is -2.53. The summed E-state index contributed by atoms with van der Waals surface area (Å²) in [4.78, 5) is 0. The molecule has 0 bridgehead atoms. The summed E-state index contributed by atoms with van der Waals surface area (Å²) in [5.74, 6) is 0.497. The summed E-state index contributed by atoms with van der Waals surface area (Å²) in [6, 6.07) is 0.479. The van der Waals surface area contributed by atoms with Crippen molar-refractivity contribution in [3.8, 4) is 0 Å². The lowest BCUT2D eigenvalue weighted by molar-refractivity contribution is 0.194. The number of sulfonamides is 1. The Labute approximate surface area is 80.4 Å². The van der Waals surface area contributed by atoms with Gasteiger partial charge in [-0.25, -0.2) is 12.7 Å². The Bertz CT molecular complexity index is 255. The number of rotatable bonds is 4. The summed E-state index contributed by atoms with van der Waals surface area (Å²) >= 11 is 0. The monoisotopic (exact) mass is 206 g/mol. The van der Waals surface area contributed by atoms with E-state index in [-0.39, 0.29) is 0 Å². The van der Waals surface area contributed by atoms with E-state index in [0.717, 1.165) is 6.54 Å². The third-order valence-corrected chi connectivity index (χ3v) is 3.44. The third kappa shape index (κ3) is 3.25. The van der Waals surface area contributed by atoms with Crippen LogP contribution in [0.1, 0.15) is 13.8 Å². The van der Waals surface area contributed by atoms with Gasteiger partial charge >= 0.3 is 0 Å². The van der Waals surface area contributed by atoms with E-state index < -0.39 is 10.0 Å². The second-order valence-corrected chi connectivity index (χ2v) is 5.99. The van der Waals surface area contributed by atoms with Crippen LogP contribution in [0.15, 0.2) is 0 Å². The zero-order chi connectivity index (χ0) is 10.1. The smallest absolute Gasteiger partial charge is 0.211 e. The van der Waals surface area contributed by atoms with Crippen molar-refractivity contribution in [3.05, 3.63) is 0 Å². The van der Waals surface area contributed by atoms with Crippen LogP contribution in [0.25, 0.3) is 0 Å². The fraction of sp³-hybridized carbons (Fsp3) is 1.00. The van der Waals surface area contributed by atoms with Crippen LogP contribution in [-0.4, -0.2) is 44.7 Å². The first-order valence-corrected chi connectivity index (χ1v) is 6.43. The first-order chi connectivity index (χ1) is 5.89. The summed E-state index contributed by atoms with van der Waals surface area (Å²) in [5.41, 5.74) is 0. The maximum atomic E-state index is 11.0. The highest BCUT2D eigenvalue weighted by Crippen LogP contribution is 2.17. The molecule has 1 heterocycles. The van der Waals surface area contributed by atoms with Crippen molar-refractivity contribution >= 4 is 10.0 Å². The van der Waals surface area contributed by atoms with Gasteiger partial charge in [-0.1, -0.05) is 13.8 Å². The van der Waals surface area contributed by atoms with Gasteiger partial charge in [-0.3, -0.25) is 0 Å².